The summed E-state index contributed by atoms with van der Waals surface area (Å²) in [6, 6.07) is 0. The molecule has 0 saturated heterocycles. The Labute approximate surface area is 112 Å². The number of hydrogen-bond donors (Lipinski definition) is 1. The monoisotopic (exact) mass is 263 g/mol. The highest BCUT2D eigenvalue weighted by atomic mass is 35.5. The summed E-state index contributed by atoms with van der Waals surface area (Å²) in [5.41, 5.74) is 0. The first-order chi connectivity index (χ1) is 8.31. The summed E-state index contributed by atoms with van der Waals surface area (Å²) < 4.78 is 4.99. The Balaban J connectivity index is 2.98. The lowest BCUT2D eigenvalue weighted by Crippen LogP contribution is -2.21. The topological polar surface area (TPSA) is 21.3 Å². The number of rotatable bonds is 13. The van der Waals surface area contributed by atoms with Gasteiger partial charge in [0.25, 0.3) is 0 Å². The molecule has 0 saturated carbocycles. The number of hydrogen-bond acceptors (Lipinski definition) is 2. The zero-order valence-electron chi connectivity index (χ0n) is 11.6. The van der Waals surface area contributed by atoms with Gasteiger partial charge in [0.2, 0.25) is 0 Å². The van der Waals surface area contributed by atoms with Crippen molar-refractivity contribution < 1.29 is 4.74 Å². The molecule has 0 rings (SSSR count). The van der Waals surface area contributed by atoms with Gasteiger partial charge in [0.1, 0.15) is 0 Å². The SMILES string of the molecule is CCCCCCCCCNCCC(Cl)COC. The molecule has 1 atom stereocenters. The van der Waals surface area contributed by atoms with Gasteiger partial charge in [-0.25, -0.2) is 0 Å². The zero-order valence-corrected chi connectivity index (χ0v) is 12.4. The van der Waals surface area contributed by atoms with Crippen LogP contribution in [0.3, 0.4) is 0 Å². The van der Waals surface area contributed by atoms with E-state index in [2.05, 4.69) is 12.2 Å². The summed E-state index contributed by atoms with van der Waals surface area (Å²) in [7, 11) is 1.70. The van der Waals surface area contributed by atoms with Crippen LogP contribution in [0.15, 0.2) is 0 Å². The van der Waals surface area contributed by atoms with Gasteiger partial charge in [-0.05, 0) is 25.9 Å². The number of methoxy groups -OCH3 is 1. The summed E-state index contributed by atoms with van der Waals surface area (Å²) in [6.07, 6.45) is 10.6. The van der Waals surface area contributed by atoms with E-state index in [0.717, 1.165) is 19.5 Å². The third kappa shape index (κ3) is 14.1. The molecular formula is C14H30ClNO. The predicted molar refractivity (Wildman–Crippen MR) is 77.0 cm³/mol. The smallest absolute Gasteiger partial charge is 0.0626 e. The Morgan fingerprint density at radius 3 is 2.29 bits per heavy atom. The minimum Gasteiger partial charge on any atom is -0.383 e. The Kier molecular flexibility index (Phi) is 14.4. The van der Waals surface area contributed by atoms with Crippen molar-refractivity contribution in [2.45, 2.75) is 63.7 Å². The maximum Gasteiger partial charge on any atom is 0.0626 e. The third-order valence-corrected chi connectivity index (χ3v) is 3.28. The Hall–Kier alpha value is 0.210. The maximum absolute atomic E-state index is 6.03. The van der Waals surface area contributed by atoms with Gasteiger partial charge in [0, 0.05) is 7.11 Å². The van der Waals surface area contributed by atoms with Crippen molar-refractivity contribution in [1.82, 2.24) is 5.32 Å². The van der Waals surface area contributed by atoms with Gasteiger partial charge < -0.3 is 10.1 Å². The lowest BCUT2D eigenvalue weighted by atomic mass is 10.1. The van der Waals surface area contributed by atoms with Crippen LogP contribution in [-0.4, -0.2) is 32.2 Å². The van der Waals surface area contributed by atoms with Crippen molar-refractivity contribution in [2.24, 2.45) is 0 Å². The number of alkyl halides is 1. The Morgan fingerprint density at radius 1 is 1.00 bits per heavy atom. The van der Waals surface area contributed by atoms with Crippen LogP contribution >= 0.6 is 11.6 Å². The van der Waals surface area contributed by atoms with Crippen molar-refractivity contribution in [3.05, 3.63) is 0 Å². The molecule has 17 heavy (non-hydrogen) atoms. The molecule has 1 N–H and O–H groups in total. The number of nitrogens with one attached hydrogen (secondary N) is 1. The largest absolute Gasteiger partial charge is 0.383 e. The van der Waals surface area contributed by atoms with Crippen molar-refractivity contribution in [3.8, 4) is 0 Å². The van der Waals surface area contributed by atoms with Crippen LogP contribution in [0, 0.1) is 0 Å². The van der Waals surface area contributed by atoms with E-state index in [9.17, 15) is 0 Å². The second-order valence-corrected chi connectivity index (χ2v) is 5.33. The van der Waals surface area contributed by atoms with Crippen LogP contribution < -0.4 is 5.32 Å². The van der Waals surface area contributed by atoms with E-state index in [0.29, 0.717) is 6.61 Å². The molecule has 0 aromatic carbocycles. The second-order valence-electron chi connectivity index (χ2n) is 4.71. The first kappa shape index (κ1) is 17.2. The van der Waals surface area contributed by atoms with Gasteiger partial charge in [-0.15, -0.1) is 11.6 Å². The first-order valence-electron chi connectivity index (χ1n) is 7.15. The van der Waals surface area contributed by atoms with E-state index in [1.54, 1.807) is 7.11 Å². The highest BCUT2D eigenvalue weighted by molar-refractivity contribution is 6.20. The zero-order chi connectivity index (χ0) is 12.8. The minimum atomic E-state index is 0.154. The highest BCUT2D eigenvalue weighted by Crippen LogP contribution is 2.06. The average Bonchev–Trinajstić information content (AvgIpc) is 2.32. The lowest BCUT2D eigenvalue weighted by molar-refractivity contribution is 0.195. The highest BCUT2D eigenvalue weighted by Gasteiger charge is 2.02. The van der Waals surface area contributed by atoms with Gasteiger partial charge in [-0.3, -0.25) is 0 Å². The molecule has 0 aromatic rings. The minimum absolute atomic E-state index is 0.154. The Bertz CT molecular complexity index is 144. The summed E-state index contributed by atoms with van der Waals surface area (Å²) in [6.45, 7) is 5.05. The molecule has 0 aliphatic rings. The molecule has 0 heterocycles. The van der Waals surface area contributed by atoms with Crippen LogP contribution in [0.2, 0.25) is 0 Å². The first-order valence-corrected chi connectivity index (χ1v) is 7.58. The van der Waals surface area contributed by atoms with Crippen LogP contribution in [0.25, 0.3) is 0 Å². The molecule has 0 aromatic heterocycles. The van der Waals surface area contributed by atoms with Gasteiger partial charge in [-0.2, -0.15) is 0 Å². The second kappa shape index (κ2) is 14.3. The van der Waals surface area contributed by atoms with E-state index in [1.165, 1.54) is 44.9 Å². The molecule has 2 nitrogen and oxygen atoms in total. The molecule has 0 bridgehead atoms. The van der Waals surface area contributed by atoms with Crippen LogP contribution in [0.4, 0.5) is 0 Å². The molecule has 0 radical (unpaired) electrons. The molecule has 0 aliphatic heterocycles. The average molecular weight is 264 g/mol. The van der Waals surface area contributed by atoms with E-state index in [4.69, 9.17) is 16.3 Å². The van der Waals surface area contributed by atoms with E-state index < -0.39 is 0 Å². The van der Waals surface area contributed by atoms with Crippen molar-refractivity contribution in [3.63, 3.8) is 0 Å². The molecule has 0 fully saturated rings. The number of halogens is 1. The summed E-state index contributed by atoms with van der Waals surface area (Å²) in [4.78, 5) is 0. The Morgan fingerprint density at radius 2 is 1.65 bits per heavy atom. The molecular weight excluding hydrogens is 234 g/mol. The fraction of sp³-hybridized carbons (Fsp3) is 1.00. The summed E-state index contributed by atoms with van der Waals surface area (Å²) in [5, 5.41) is 3.59. The van der Waals surface area contributed by atoms with Gasteiger partial charge in [-0.1, -0.05) is 45.4 Å². The number of unbranched alkanes of at least 4 members (excludes halogenated alkanes) is 6. The summed E-state index contributed by atoms with van der Waals surface area (Å²) >= 11 is 6.03. The number of ether oxygens (including phenoxy) is 1. The predicted octanol–water partition coefficient (Wildman–Crippen LogP) is 3.97. The van der Waals surface area contributed by atoms with Crippen molar-refractivity contribution in [2.75, 3.05) is 26.8 Å². The maximum atomic E-state index is 6.03. The van der Waals surface area contributed by atoms with Crippen LogP contribution in [0.5, 0.6) is 0 Å². The molecule has 0 spiro atoms. The van der Waals surface area contributed by atoms with Crippen LogP contribution in [-0.2, 0) is 4.74 Å². The molecule has 0 amide bonds. The normalized spacial score (nSPS) is 12.9. The lowest BCUT2D eigenvalue weighted by Gasteiger charge is -2.09. The van der Waals surface area contributed by atoms with Crippen LogP contribution in [0.1, 0.15) is 58.3 Å². The fourth-order valence-corrected chi connectivity index (χ4v) is 2.09. The standard InChI is InChI=1S/C14H30ClNO/c1-3-4-5-6-7-8-9-11-16-12-10-14(15)13-17-2/h14,16H,3-13H2,1-2H3. The van der Waals surface area contributed by atoms with Gasteiger partial charge in [0.05, 0.1) is 12.0 Å². The molecule has 3 heteroatoms. The van der Waals surface area contributed by atoms with Gasteiger partial charge in [0.15, 0.2) is 0 Å². The van der Waals surface area contributed by atoms with Gasteiger partial charge >= 0.3 is 0 Å². The van der Waals surface area contributed by atoms with E-state index >= 15 is 0 Å². The van der Waals surface area contributed by atoms with Crippen molar-refractivity contribution in [1.29, 1.82) is 0 Å². The van der Waals surface area contributed by atoms with Crippen molar-refractivity contribution >= 4 is 11.6 Å². The molecule has 104 valence electrons. The van der Waals surface area contributed by atoms with E-state index in [-0.39, 0.29) is 5.38 Å². The fourth-order valence-electron chi connectivity index (χ4n) is 1.85. The summed E-state index contributed by atoms with van der Waals surface area (Å²) in [5.74, 6) is 0. The molecule has 0 aliphatic carbocycles. The quantitative estimate of drug-likeness (QED) is 0.401. The molecule has 1 unspecified atom stereocenters. The van der Waals surface area contributed by atoms with E-state index in [1.807, 2.05) is 0 Å². The third-order valence-electron chi connectivity index (χ3n) is 2.94.